The summed E-state index contributed by atoms with van der Waals surface area (Å²) in [5, 5.41) is 7.15. The Hall–Kier alpha value is -4.14. The van der Waals surface area contributed by atoms with Crippen LogP contribution in [-0.4, -0.2) is 90.9 Å². The van der Waals surface area contributed by atoms with Gasteiger partial charge in [0, 0.05) is 18.9 Å². The monoisotopic (exact) mass is 661 g/mol. The predicted octanol–water partition coefficient (Wildman–Crippen LogP) is 1.51. The van der Waals surface area contributed by atoms with Crippen LogP contribution in [0.15, 0.2) is 43.0 Å². The number of likely N-dealkylation sites (tertiary alicyclic amines) is 1. The summed E-state index contributed by atoms with van der Waals surface area (Å²) in [5.74, 6) is -2.80. The number of hydrogen-bond donors (Lipinski definition) is 4. The molecule has 2 aliphatic carbocycles. The number of ether oxygens (including phenoxy) is 2. The lowest BCUT2D eigenvalue weighted by molar-refractivity contribution is -0.140. The molecule has 4 unspecified atom stereocenters. The van der Waals surface area contributed by atoms with Gasteiger partial charge in [-0.1, -0.05) is 36.4 Å². The Morgan fingerprint density at radius 3 is 2.37 bits per heavy atom. The lowest BCUT2D eigenvalue weighted by atomic mass is 10.1. The Morgan fingerprint density at radius 2 is 1.78 bits per heavy atom. The van der Waals surface area contributed by atoms with E-state index < -0.39 is 80.4 Å². The number of carbonyl (C=O) groups is 5. The van der Waals surface area contributed by atoms with E-state index in [4.69, 9.17) is 9.47 Å². The van der Waals surface area contributed by atoms with Crippen molar-refractivity contribution in [3.8, 4) is 0 Å². The van der Waals surface area contributed by atoms with Gasteiger partial charge in [-0.05, 0) is 58.9 Å². The van der Waals surface area contributed by atoms with E-state index in [2.05, 4.69) is 27.3 Å². The minimum atomic E-state index is -3.89. The van der Waals surface area contributed by atoms with Gasteiger partial charge in [-0.25, -0.2) is 18.0 Å². The molecule has 1 saturated heterocycles. The van der Waals surface area contributed by atoms with Gasteiger partial charge in [0.05, 0.1) is 11.8 Å². The number of hydrogen-bond acceptors (Lipinski definition) is 9. The molecule has 0 radical (unpaired) electrons. The summed E-state index contributed by atoms with van der Waals surface area (Å²) in [4.78, 5) is 66.7. The van der Waals surface area contributed by atoms with Crippen molar-refractivity contribution >= 4 is 39.9 Å². The van der Waals surface area contributed by atoms with Crippen molar-refractivity contribution in [1.82, 2.24) is 25.6 Å². The summed E-state index contributed by atoms with van der Waals surface area (Å²) >= 11 is 0. The lowest BCUT2D eigenvalue weighted by Gasteiger charge is -2.29. The third kappa shape index (κ3) is 8.77. The fraction of sp³-hybridized carbons (Fsp3) is 0.581. The number of sulfonamides is 1. The molecule has 3 aliphatic rings. The normalized spacial score (nSPS) is 24.6. The van der Waals surface area contributed by atoms with Crippen LogP contribution >= 0.6 is 0 Å². The first-order valence-corrected chi connectivity index (χ1v) is 16.9. The van der Waals surface area contributed by atoms with E-state index in [1.807, 2.05) is 30.3 Å². The van der Waals surface area contributed by atoms with Gasteiger partial charge >= 0.3 is 12.2 Å². The molecule has 1 aromatic carbocycles. The van der Waals surface area contributed by atoms with E-state index in [0.29, 0.717) is 25.8 Å². The number of carbonyl (C=O) groups excluding carboxylic acids is 5. The molecule has 5 atom stereocenters. The Morgan fingerprint density at radius 1 is 1.11 bits per heavy atom. The van der Waals surface area contributed by atoms with Crippen molar-refractivity contribution in [1.29, 1.82) is 0 Å². The van der Waals surface area contributed by atoms with Crippen LogP contribution in [0.4, 0.5) is 9.59 Å². The van der Waals surface area contributed by atoms with E-state index in [1.54, 1.807) is 20.8 Å². The van der Waals surface area contributed by atoms with Gasteiger partial charge in [-0.3, -0.25) is 19.1 Å². The summed E-state index contributed by atoms with van der Waals surface area (Å²) < 4.78 is 37.9. The fourth-order valence-electron chi connectivity index (χ4n) is 5.34. The molecule has 252 valence electrons. The van der Waals surface area contributed by atoms with Crippen LogP contribution in [0.5, 0.6) is 0 Å². The summed E-state index contributed by atoms with van der Waals surface area (Å²) in [6.07, 6.45) is 0.484. The van der Waals surface area contributed by atoms with Crippen molar-refractivity contribution in [3.05, 3.63) is 48.6 Å². The lowest BCUT2D eigenvalue weighted by Crippen LogP contribution is -2.58. The maximum absolute atomic E-state index is 13.7. The van der Waals surface area contributed by atoms with E-state index >= 15 is 0 Å². The minimum Gasteiger partial charge on any atom is -0.444 e. The maximum atomic E-state index is 13.7. The van der Waals surface area contributed by atoms with Crippen LogP contribution in [0.3, 0.4) is 0 Å². The van der Waals surface area contributed by atoms with Crippen molar-refractivity contribution < 1.29 is 41.9 Å². The molecule has 3 fully saturated rings. The second-order valence-electron chi connectivity index (χ2n) is 13.0. The molecular formula is C31H43N5O9S. The number of nitrogens with one attached hydrogen (secondary N) is 4. The van der Waals surface area contributed by atoms with Gasteiger partial charge in [0.2, 0.25) is 21.8 Å². The highest BCUT2D eigenvalue weighted by Gasteiger charge is 2.62. The second-order valence-corrected chi connectivity index (χ2v) is 14.9. The average Bonchev–Trinajstić information content (AvgIpc) is 3.89. The van der Waals surface area contributed by atoms with Gasteiger partial charge in [0.25, 0.3) is 5.91 Å². The highest BCUT2D eigenvalue weighted by molar-refractivity contribution is 7.91. The first-order chi connectivity index (χ1) is 21.5. The molecular weight excluding hydrogens is 618 g/mol. The molecule has 1 aromatic rings. The minimum absolute atomic E-state index is 0.0976. The molecule has 0 bridgehead atoms. The third-order valence-electron chi connectivity index (χ3n) is 8.00. The van der Waals surface area contributed by atoms with E-state index in [1.165, 1.54) is 17.9 Å². The zero-order valence-electron chi connectivity index (χ0n) is 26.5. The van der Waals surface area contributed by atoms with Crippen LogP contribution in [0.1, 0.15) is 58.9 Å². The van der Waals surface area contributed by atoms with Crippen molar-refractivity contribution in [2.24, 2.45) is 5.92 Å². The summed E-state index contributed by atoms with van der Waals surface area (Å²) in [7, 11) is -3.89. The largest absolute Gasteiger partial charge is 0.444 e. The zero-order valence-corrected chi connectivity index (χ0v) is 27.4. The van der Waals surface area contributed by atoms with Crippen molar-refractivity contribution in [3.63, 3.8) is 0 Å². The Bertz CT molecular complexity index is 1460. The molecule has 0 spiro atoms. The molecule has 0 aromatic heterocycles. The number of amides is 5. The van der Waals surface area contributed by atoms with E-state index in [9.17, 15) is 32.4 Å². The smallest absolute Gasteiger partial charge is 0.408 e. The molecule has 1 aliphatic heterocycles. The third-order valence-corrected chi connectivity index (χ3v) is 9.82. The quantitative estimate of drug-likeness (QED) is 0.241. The van der Waals surface area contributed by atoms with Crippen LogP contribution in [0, 0.1) is 5.92 Å². The zero-order chi connectivity index (χ0) is 33.9. The molecule has 1 heterocycles. The highest BCUT2D eigenvalue weighted by atomic mass is 32.2. The number of nitrogens with zero attached hydrogens (tertiary/aromatic N) is 1. The van der Waals surface area contributed by atoms with E-state index in [-0.39, 0.29) is 19.4 Å². The highest BCUT2D eigenvalue weighted by Crippen LogP contribution is 2.45. The standard InChI is InChI=1S/C31H43N5O9S/c1-6-21-17-31(21,27(39)35-46(42,43)23-12-13-23)34-25(37)24-16-22(44-28(40)32-15-14-20-10-8-7-9-11-20)18-36(24)26(38)19(2)33-29(41)45-30(3,4)5/h6-11,19,21-24H,1,12-18H2,2-5H3,(H,32,40)(H,33,41)(H,34,37)(H,35,39)/t19?,21?,22-,24?,31?/m1/s1. The van der Waals surface area contributed by atoms with E-state index in [0.717, 1.165) is 5.56 Å². The molecule has 4 rings (SSSR count). The van der Waals surface area contributed by atoms with Crippen molar-refractivity contribution in [2.45, 2.75) is 94.4 Å². The molecule has 14 nitrogen and oxygen atoms in total. The Kier molecular flexibility index (Phi) is 10.3. The summed E-state index contributed by atoms with van der Waals surface area (Å²) in [5.41, 5.74) is -1.36. The summed E-state index contributed by atoms with van der Waals surface area (Å²) in [6.45, 7) is 10.3. The SMILES string of the molecule is C=CC1CC1(NC(=O)C1C[C@@H](OC(=O)NCCc2ccccc2)CN1C(=O)C(C)NC(=O)OC(C)(C)C)C(=O)NS(=O)(=O)C1CC1. The molecule has 2 saturated carbocycles. The number of alkyl carbamates (subject to hydrolysis) is 2. The van der Waals surface area contributed by atoms with Gasteiger partial charge in [-0.15, -0.1) is 6.58 Å². The number of benzene rings is 1. The van der Waals surface area contributed by atoms with Gasteiger partial charge < -0.3 is 30.3 Å². The molecule has 4 N–H and O–H groups in total. The van der Waals surface area contributed by atoms with Gasteiger partial charge in [0.15, 0.2) is 0 Å². The average molecular weight is 662 g/mol. The molecule has 15 heteroatoms. The maximum Gasteiger partial charge on any atom is 0.408 e. The topological polar surface area (TPSA) is 189 Å². The van der Waals surface area contributed by atoms with Gasteiger partial charge in [0.1, 0.15) is 29.3 Å². The van der Waals surface area contributed by atoms with Crippen LogP contribution < -0.4 is 20.7 Å². The Balaban J connectivity index is 1.45. The fourth-order valence-corrected chi connectivity index (χ4v) is 6.70. The van der Waals surface area contributed by atoms with Crippen molar-refractivity contribution in [2.75, 3.05) is 13.1 Å². The molecule has 5 amide bonds. The van der Waals surface area contributed by atoms with Crippen LogP contribution in [0.25, 0.3) is 0 Å². The van der Waals surface area contributed by atoms with Gasteiger partial charge in [-0.2, -0.15) is 0 Å². The van der Waals surface area contributed by atoms with Crippen LogP contribution in [-0.2, 0) is 40.3 Å². The van der Waals surface area contributed by atoms with Crippen LogP contribution in [0.2, 0.25) is 0 Å². The number of rotatable bonds is 12. The first-order valence-electron chi connectivity index (χ1n) is 15.3. The first kappa shape index (κ1) is 34.7. The predicted molar refractivity (Wildman–Crippen MR) is 167 cm³/mol. The Labute approximate surface area is 269 Å². The second kappa shape index (κ2) is 13.7. The summed E-state index contributed by atoms with van der Waals surface area (Å²) in [6, 6.07) is 7.20. The molecule has 46 heavy (non-hydrogen) atoms.